The van der Waals surface area contributed by atoms with Gasteiger partial charge in [-0.05, 0) is 47.7 Å². The number of aliphatic hydroxyl groups is 1. The van der Waals surface area contributed by atoms with Gasteiger partial charge in [-0.3, -0.25) is 15.1 Å². The number of rotatable bonds is 3. The summed E-state index contributed by atoms with van der Waals surface area (Å²) in [7, 11) is 0. The minimum atomic E-state index is -0.715. The maximum absolute atomic E-state index is 13.9. The van der Waals surface area contributed by atoms with Crippen molar-refractivity contribution < 1.29 is 14.3 Å². The van der Waals surface area contributed by atoms with E-state index in [0.29, 0.717) is 51.5 Å². The Morgan fingerprint density at radius 3 is 2.39 bits per heavy atom. The van der Waals surface area contributed by atoms with Crippen LogP contribution in [0.4, 0.5) is 10.1 Å². The Balaban J connectivity index is 1.86. The molecule has 0 spiro atoms. The predicted octanol–water partition coefficient (Wildman–Crippen LogP) is 7.67. The van der Waals surface area contributed by atoms with Crippen molar-refractivity contribution >= 4 is 34.7 Å². The second-order valence-electron chi connectivity index (χ2n) is 10.1. The molecule has 0 amide bonds. The van der Waals surface area contributed by atoms with Crippen molar-refractivity contribution in [1.82, 2.24) is 0 Å². The van der Waals surface area contributed by atoms with E-state index >= 15 is 0 Å². The number of Topliss-reactive ketones (excluding diaryl/α,β-unsaturated/α-hetero) is 1. The Morgan fingerprint density at radius 2 is 1.72 bits per heavy atom. The van der Waals surface area contributed by atoms with E-state index < -0.39 is 11.7 Å². The maximum Gasteiger partial charge on any atom is 0.162 e. The van der Waals surface area contributed by atoms with Crippen LogP contribution in [0.25, 0.3) is 5.76 Å². The first kappa shape index (κ1) is 24.0. The van der Waals surface area contributed by atoms with E-state index in [1.54, 1.807) is 59.5 Å². The second kappa shape index (κ2) is 9.07. The first-order valence-electron chi connectivity index (χ1n) is 11.8. The number of halogens is 2. The van der Waals surface area contributed by atoms with Gasteiger partial charge in [0.1, 0.15) is 17.4 Å². The molecule has 2 N–H and O–H groups in total. The van der Waals surface area contributed by atoms with Crippen molar-refractivity contribution in [2.45, 2.75) is 32.6 Å². The first-order chi connectivity index (χ1) is 17.2. The van der Waals surface area contributed by atoms with Crippen LogP contribution in [0.1, 0.15) is 43.7 Å². The monoisotopic (exact) mass is 500 g/mol. The van der Waals surface area contributed by atoms with Crippen LogP contribution in [-0.4, -0.2) is 16.7 Å². The van der Waals surface area contributed by atoms with E-state index in [1.165, 1.54) is 12.1 Å². The molecule has 0 aromatic heterocycles. The first-order valence-corrected chi connectivity index (χ1v) is 12.2. The van der Waals surface area contributed by atoms with Gasteiger partial charge in [-0.2, -0.15) is 0 Å². The topological polar surface area (TPSA) is 64.4 Å². The minimum absolute atomic E-state index is 0.0477. The van der Waals surface area contributed by atoms with Crippen molar-refractivity contribution in [1.29, 1.82) is 5.41 Å². The molecule has 0 radical (unpaired) electrons. The smallest absolute Gasteiger partial charge is 0.162 e. The Kier molecular flexibility index (Phi) is 6.05. The number of nitrogens with zero attached hydrogens (tertiary/aromatic N) is 1. The number of carbonyl (C=O) groups is 1. The second-order valence-corrected chi connectivity index (χ2v) is 10.5. The van der Waals surface area contributed by atoms with Gasteiger partial charge < -0.3 is 5.11 Å². The fourth-order valence-corrected chi connectivity index (χ4v) is 5.44. The molecule has 3 aromatic carbocycles. The molecule has 0 bridgehead atoms. The summed E-state index contributed by atoms with van der Waals surface area (Å²) >= 11 is 6.33. The molecule has 1 aliphatic carbocycles. The van der Waals surface area contributed by atoms with Gasteiger partial charge in [-0.25, -0.2) is 4.39 Å². The highest BCUT2D eigenvalue weighted by Crippen LogP contribution is 2.51. The van der Waals surface area contributed by atoms with Crippen LogP contribution in [-0.2, 0) is 4.79 Å². The molecule has 36 heavy (non-hydrogen) atoms. The SMILES string of the molecule is CC1(C)CC(=O)C2=C(C1)N(c1cccc(Cl)c1)C(=N)/C(=C(/O)c1ccccc1)C2c1ccc(F)cc1. The van der Waals surface area contributed by atoms with Gasteiger partial charge in [0.25, 0.3) is 0 Å². The highest BCUT2D eigenvalue weighted by atomic mass is 35.5. The molecule has 6 heteroatoms. The van der Waals surface area contributed by atoms with Gasteiger partial charge in [0, 0.05) is 45.5 Å². The fraction of sp³-hybridized carbons (Fsp3) is 0.200. The normalized spacial score (nSPS) is 20.9. The quantitative estimate of drug-likeness (QED) is 0.362. The molecule has 5 rings (SSSR count). The van der Waals surface area contributed by atoms with E-state index in [4.69, 9.17) is 11.6 Å². The number of nitrogens with one attached hydrogen (secondary N) is 1. The van der Waals surface area contributed by atoms with Crippen LogP contribution in [0.3, 0.4) is 0 Å². The molecule has 1 heterocycles. The zero-order chi connectivity index (χ0) is 25.6. The van der Waals surface area contributed by atoms with Crippen LogP contribution in [0.15, 0.2) is 95.7 Å². The van der Waals surface area contributed by atoms with Crippen LogP contribution in [0.2, 0.25) is 5.02 Å². The summed E-state index contributed by atoms with van der Waals surface area (Å²) in [6.07, 6.45) is 0.889. The third-order valence-corrected chi connectivity index (χ3v) is 7.03. The van der Waals surface area contributed by atoms with Crippen molar-refractivity contribution in [2.24, 2.45) is 5.41 Å². The number of carbonyl (C=O) groups excluding carboxylic acids is 1. The number of hydrogen-bond acceptors (Lipinski definition) is 3. The van der Waals surface area contributed by atoms with Crippen molar-refractivity contribution in [3.8, 4) is 0 Å². The molecular weight excluding hydrogens is 475 g/mol. The largest absolute Gasteiger partial charge is 0.507 e. The molecule has 1 atom stereocenters. The number of anilines is 1. The van der Waals surface area contributed by atoms with Gasteiger partial charge >= 0.3 is 0 Å². The zero-order valence-electron chi connectivity index (χ0n) is 20.1. The zero-order valence-corrected chi connectivity index (χ0v) is 20.8. The van der Waals surface area contributed by atoms with E-state index in [-0.39, 0.29) is 22.8 Å². The molecule has 1 aliphatic heterocycles. The Bertz CT molecular complexity index is 1420. The van der Waals surface area contributed by atoms with E-state index in [2.05, 4.69) is 0 Å². The van der Waals surface area contributed by atoms with Gasteiger partial charge in [0.15, 0.2) is 5.78 Å². The Morgan fingerprint density at radius 1 is 1.03 bits per heavy atom. The third kappa shape index (κ3) is 4.24. The standard InChI is InChI=1S/C30H26ClFN2O2/c1-30(2)16-23-26(24(35)17-30)25(18-11-13-21(32)14-12-18)27(28(36)19-7-4-3-5-8-19)29(33)34(23)22-10-6-9-20(31)15-22/h3-15,25,33,36H,16-17H2,1-2H3/b28-27+,33-29?. The van der Waals surface area contributed by atoms with Crippen LogP contribution in [0.5, 0.6) is 0 Å². The molecule has 0 saturated carbocycles. The summed E-state index contributed by atoms with van der Waals surface area (Å²) in [4.78, 5) is 15.5. The number of allylic oxidation sites excluding steroid dienone is 2. The molecular formula is C30H26ClFN2O2. The highest BCUT2D eigenvalue weighted by Gasteiger charge is 2.46. The van der Waals surface area contributed by atoms with Gasteiger partial charge in [-0.1, -0.05) is 74.0 Å². The fourth-order valence-electron chi connectivity index (χ4n) is 5.25. The molecule has 182 valence electrons. The summed E-state index contributed by atoms with van der Waals surface area (Å²) < 4.78 is 13.9. The minimum Gasteiger partial charge on any atom is -0.507 e. The van der Waals surface area contributed by atoms with Crippen LogP contribution < -0.4 is 4.90 Å². The lowest BCUT2D eigenvalue weighted by Crippen LogP contribution is -2.45. The van der Waals surface area contributed by atoms with E-state index in [0.717, 1.165) is 0 Å². The Hall–Kier alpha value is -3.70. The Labute approximate surface area is 214 Å². The van der Waals surface area contributed by atoms with Gasteiger partial charge in [0.05, 0.1) is 0 Å². The summed E-state index contributed by atoms with van der Waals surface area (Å²) in [5.74, 6) is -1.20. The van der Waals surface area contributed by atoms with E-state index in [1.807, 2.05) is 26.0 Å². The molecule has 1 unspecified atom stereocenters. The number of ketones is 1. The third-order valence-electron chi connectivity index (χ3n) is 6.79. The lowest BCUT2D eigenvalue weighted by Gasteiger charge is -2.45. The van der Waals surface area contributed by atoms with Crippen LogP contribution >= 0.6 is 11.6 Å². The lowest BCUT2D eigenvalue weighted by molar-refractivity contribution is -0.118. The van der Waals surface area contributed by atoms with Gasteiger partial charge in [0.2, 0.25) is 0 Å². The summed E-state index contributed by atoms with van der Waals surface area (Å²) in [6, 6.07) is 22.1. The van der Waals surface area contributed by atoms with E-state index in [9.17, 15) is 19.7 Å². The number of hydrogen-bond donors (Lipinski definition) is 2. The number of amidine groups is 1. The number of benzene rings is 3. The van der Waals surface area contributed by atoms with Crippen molar-refractivity contribution in [3.63, 3.8) is 0 Å². The predicted molar refractivity (Wildman–Crippen MR) is 142 cm³/mol. The van der Waals surface area contributed by atoms with Crippen molar-refractivity contribution in [3.05, 3.63) is 118 Å². The maximum atomic E-state index is 13.9. The molecule has 2 aliphatic rings. The molecule has 3 aromatic rings. The van der Waals surface area contributed by atoms with Gasteiger partial charge in [-0.15, -0.1) is 0 Å². The summed E-state index contributed by atoms with van der Waals surface area (Å²) in [5.41, 5.74) is 3.02. The average Bonchev–Trinajstić information content (AvgIpc) is 2.83. The molecule has 0 saturated heterocycles. The van der Waals surface area contributed by atoms with Crippen molar-refractivity contribution in [2.75, 3.05) is 4.90 Å². The van der Waals surface area contributed by atoms with Crippen LogP contribution in [0, 0.1) is 16.6 Å². The number of aliphatic hydroxyl groups excluding tert-OH is 1. The summed E-state index contributed by atoms with van der Waals surface area (Å²) in [5, 5.41) is 21.5. The highest BCUT2D eigenvalue weighted by molar-refractivity contribution is 6.31. The molecule has 0 fully saturated rings. The lowest BCUT2D eigenvalue weighted by atomic mass is 9.67. The summed E-state index contributed by atoms with van der Waals surface area (Å²) in [6.45, 7) is 4.07. The average molecular weight is 501 g/mol. The molecule has 4 nitrogen and oxygen atoms in total.